The fourth-order valence-electron chi connectivity index (χ4n) is 2.00. The van der Waals surface area contributed by atoms with Crippen LogP contribution >= 0.6 is 11.3 Å². The van der Waals surface area contributed by atoms with Crippen LogP contribution in [0.3, 0.4) is 0 Å². The maximum absolute atomic E-state index is 11.9. The van der Waals surface area contributed by atoms with Gasteiger partial charge in [0.05, 0.1) is 0 Å². The first-order valence-electron chi connectivity index (χ1n) is 6.26. The second-order valence-corrected chi connectivity index (χ2v) is 5.61. The summed E-state index contributed by atoms with van der Waals surface area (Å²) in [5.41, 5.74) is 0.117. The minimum absolute atomic E-state index is 0.0173. The summed E-state index contributed by atoms with van der Waals surface area (Å²) in [5, 5.41) is 13.8. The molecular weight excluding hydrogens is 276 g/mol. The maximum atomic E-state index is 11.9. The third kappa shape index (κ3) is 3.71. The third-order valence-corrected chi connectivity index (χ3v) is 3.76. The molecule has 0 fully saturated rings. The normalized spacial score (nSPS) is 12.1. The lowest BCUT2D eigenvalue weighted by molar-refractivity contribution is -0.122. The average Bonchev–Trinajstić information content (AvgIpc) is 2.99. The molecule has 0 radical (unpaired) electrons. The van der Waals surface area contributed by atoms with Crippen molar-refractivity contribution < 1.29 is 14.7 Å². The van der Waals surface area contributed by atoms with Gasteiger partial charge in [0.15, 0.2) is 0 Å². The van der Waals surface area contributed by atoms with E-state index >= 15 is 0 Å². The zero-order chi connectivity index (χ0) is 14.5. The van der Waals surface area contributed by atoms with Crippen molar-refractivity contribution in [1.29, 1.82) is 0 Å². The van der Waals surface area contributed by atoms with Crippen LogP contribution in [-0.2, 0) is 17.8 Å². The molecule has 0 aromatic carbocycles. The quantitative estimate of drug-likeness (QED) is 0.855. The summed E-state index contributed by atoms with van der Waals surface area (Å²) in [6.07, 6.45) is 2.37. The highest BCUT2D eigenvalue weighted by atomic mass is 32.1. The largest absolute Gasteiger partial charge is 0.477 e. The molecule has 2 aromatic heterocycles. The number of thiophene rings is 1. The van der Waals surface area contributed by atoms with E-state index in [-0.39, 0.29) is 24.2 Å². The van der Waals surface area contributed by atoms with Gasteiger partial charge in [-0.3, -0.25) is 4.79 Å². The van der Waals surface area contributed by atoms with Gasteiger partial charge in [0.25, 0.3) is 0 Å². The van der Waals surface area contributed by atoms with Gasteiger partial charge >= 0.3 is 5.97 Å². The number of nitrogens with zero attached hydrogens (tertiary/aromatic N) is 1. The minimum atomic E-state index is -1.03. The van der Waals surface area contributed by atoms with Crippen molar-refractivity contribution in [2.75, 3.05) is 0 Å². The topological polar surface area (TPSA) is 71.3 Å². The molecule has 6 heteroatoms. The van der Waals surface area contributed by atoms with Crippen molar-refractivity contribution in [2.45, 2.75) is 25.9 Å². The van der Waals surface area contributed by atoms with E-state index in [1.165, 1.54) is 15.5 Å². The van der Waals surface area contributed by atoms with Crippen molar-refractivity contribution >= 4 is 23.2 Å². The molecule has 2 aromatic rings. The number of carbonyl (C=O) groups is 2. The standard InChI is InChI=1S/C14H16N2O3S/c1-10(8-11-4-3-7-20-11)15-13(17)9-16-6-2-5-12(16)14(18)19/h2-7,10H,8-9H2,1H3,(H,15,17)(H,18,19). The van der Waals surface area contributed by atoms with Gasteiger partial charge in [-0.15, -0.1) is 11.3 Å². The molecule has 20 heavy (non-hydrogen) atoms. The molecule has 0 aliphatic heterocycles. The Hall–Kier alpha value is -2.08. The number of carboxylic acid groups (broad SMARTS) is 1. The Morgan fingerprint density at radius 3 is 2.85 bits per heavy atom. The summed E-state index contributed by atoms with van der Waals surface area (Å²) < 4.78 is 1.43. The number of rotatable bonds is 6. The fourth-order valence-corrected chi connectivity index (χ4v) is 2.84. The number of carboxylic acids is 1. The van der Waals surface area contributed by atoms with Crippen LogP contribution in [-0.4, -0.2) is 27.6 Å². The molecule has 2 rings (SSSR count). The second kappa shape index (κ2) is 6.38. The Balaban J connectivity index is 1.89. The number of carbonyl (C=O) groups excluding carboxylic acids is 1. The van der Waals surface area contributed by atoms with Gasteiger partial charge in [0.1, 0.15) is 12.2 Å². The molecule has 2 heterocycles. The first kappa shape index (κ1) is 14.3. The lowest BCUT2D eigenvalue weighted by Gasteiger charge is -2.14. The first-order valence-corrected chi connectivity index (χ1v) is 7.14. The third-order valence-electron chi connectivity index (χ3n) is 2.86. The predicted octanol–water partition coefficient (Wildman–Crippen LogP) is 2.00. The van der Waals surface area contributed by atoms with Gasteiger partial charge in [-0.25, -0.2) is 4.79 Å². The fraction of sp³-hybridized carbons (Fsp3) is 0.286. The van der Waals surface area contributed by atoms with Gasteiger partial charge in [0, 0.05) is 23.5 Å². The SMILES string of the molecule is CC(Cc1cccs1)NC(=O)Cn1cccc1C(=O)O. The number of amides is 1. The van der Waals surface area contributed by atoms with Gasteiger partial charge in [-0.2, -0.15) is 0 Å². The van der Waals surface area contributed by atoms with Crippen molar-refractivity contribution in [3.8, 4) is 0 Å². The van der Waals surface area contributed by atoms with E-state index in [2.05, 4.69) is 5.32 Å². The van der Waals surface area contributed by atoms with Crippen molar-refractivity contribution in [2.24, 2.45) is 0 Å². The number of aromatic nitrogens is 1. The zero-order valence-electron chi connectivity index (χ0n) is 11.1. The van der Waals surface area contributed by atoms with E-state index < -0.39 is 5.97 Å². The van der Waals surface area contributed by atoms with Crippen molar-refractivity contribution in [1.82, 2.24) is 9.88 Å². The molecule has 1 amide bonds. The van der Waals surface area contributed by atoms with Crippen LogP contribution in [0.25, 0.3) is 0 Å². The predicted molar refractivity (Wildman–Crippen MR) is 77.0 cm³/mol. The Bertz CT molecular complexity index is 589. The highest BCUT2D eigenvalue weighted by Gasteiger charge is 2.13. The number of hydrogen-bond donors (Lipinski definition) is 2. The van der Waals surface area contributed by atoms with Crippen LogP contribution in [0.2, 0.25) is 0 Å². The highest BCUT2D eigenvalue weighted by molar-refractivity contribution is 7.09. The number of nitrogens with one attached hydrogen (secondary N) is 1. The molecule has 1 atom stereocenters. The van der Waals surface area contributed by atoms with E-state index in [0.29, 0.717) is 0 Å². The van der Waals surface area contributed by atoms with E-state index in [9.17, 15) is 9.59 Å². The maximum Gasteiger partial charge on any atom is 0.352 e. The summed E-state index contributed by atoms with van der Waals surface area (Å²) in [6, 6.07) is 7.12. The molecule has 0 bridgehead atoms. The van der Waals surface area contributed by atoms with Gasteiger partial charge in [-0.05, 0) is 30.5 Å². The minimum Gasteiger partial charge on any atom is -0.477 e. The number of hydrogen-bond acceptors (Lipinski definition) is 3. The molecule has 0 saturated heterocycles. The van der Waals surface area contributed by atoms with Gasteiger partial charge in [0.2, 0.25) is 5.91 Å². The summed E-state index contributed by atoms with van der Waals surface area (Å²) in [7, 11) is 0. The molecule has 0 aliphatic carbocycles. The van der Waals surface area contributed by atoms with Crippen LogP contribution in [0.1, 0.15) is 22.3 Å². The van der Waals surface area contributed by atoms with Crippen molar-refractivity contribution in [3.63, 3.8) is 0 Å². The summed E-state index contributed by atoms with van der Waals surface area (Å²) in [5.74, 6) is -1.22. The number of aromatic carboxylic acids is 1. The Kier molecular flexibility index (Phi) is 4.57. The molecule has 0 aliphatic rings. The monoisotopic (exact) mass is 292 g/mol. The van der Waals surface area contributed by atoms with E-state index in [1.54, 1.807) is 23.6 Å². The molecule has 106 valence electrons. The average molecular weight is 292 g/mol. The summed E-state index contributed by atoms with van der Waals surface area (Å²) >= 11 is 1.66. The Labute approximate surface area is 120 Å². The molecule has 1 unspecified atom stereocenters. The van der Waals surface area contributed by atoms with E-state index in [0.717, 1.165) is 6.42 Å². The molecular formula is C14H16N2O3S. The summed E-state index contributed by atoms with van der Waals surface area (Å²) in [4.78, 5) is 24.1. The molecule has 2 N–H and O–H groups in total. The van der Waals surface area contributed by atoms with Crippen LogP contribution in [0.15, 0.2) is 35.8 Å². The van der Waals surface area contributed by atoms with Crippen LogP contribution in [0, 0.1) is 0 Å². The Morgan fingerprint density at radius 2 is 2.20 bits per heavy atom. The van der Waals surface area contributed by atoms with Gasteiger partial charge in [-0.1, -0.05) is 6.07 Å². The molecule has 0 saturated carbocycles. The smallest absolute Gasteiger partial charge is 0.352 e. The molecule has 5 nitrogen and oxygen atoms in total. The lowest BCUT2D eigenvalue weighted by Crippen LogP contribution is -2.36. The molecule has 0 spiro atoms. The van der Waals surface area contributed by atoms with Crippen LogP contribution in [0.4, 0.5) is 0 Å². The first-order chi connectivity index (χ1) is 9.56. The van der Waals surface area contributed by atoms with Crippen molar-refractivity contribution in [3.05, 3.63) is 46.4 Å². The van der Waals surface area contributed by atoms with E-state index in [4.69, 9.17) is 5.11 Å². The van der Waals surface area contributed by atoms with Crippen LogP contribution in [0.5, 0.6) is 0 Å². The lowest BCUT2D eigenvalue weighted by atomic mass is 10.2. The van der Waals surface area contributed by atoms with E-state index in [1.807, 2.05) is 24.4 Å². The van der Waals surface area contributed by atoms with Gasteiger partial charge < -0.3 is 15.0 Å². The second-order valence-electron chi connectivity index (χ2n) is 4.58. The Morgan fingerprint density at radius 1 is 1.40 bits per heavy atom. The zero-order valence-corrected chi connectivity index (χ0v) is 11.9. The summed E-state index contributed by atoms with van der Waals surface area (Å²) in [6.45, 7) is 1.95. The highest BCUT2D eigenvalue weighted by Crippen LogP contribution is 2.11. The van der Waals surface area contributed by atoms with Crippen LogP contribution < -0.4 is 5.32 Å².